The molecule has 1 amide bonds. The largest absolute Gasteiger partial charge is 0.490 e. The zero-order chi connectivity index (χ0) is 21.1. The smallest absolute Gasteiger partial charge is 0.262 e. The van der Waals surface area contributed by atoms with E-state index >= 15 is 0 Å². The number of amides is 1. The first kappa shape index (κ1) is 23.2. The first-order chi connectivity index (χ1) is 14.0. The summed E-state index contributed by atoms with van der Waals surface area (Å²) in [7, 11) is 0. The molecule has 7 heteroatoms. The van der Waals surface area contributed by atoms with Crippen LogP contribution in [-0.4, -0.2) is 37.4 Å². The second kappa shape index (κ2) is 12.5. The summed E-state index contributed by atoms with van der Waals surface area (Å²) in [6.07, 6.45) is 1.71. The van der Waals surface area contributed by atoms with Crippen LogP contribution in [0.1, 0.15) is 30.9 Å². The number of carbonyl (C=O) groups is 1. The molecule has 0 radical (unpaired) electrons. The number of aryl methyl sites for hydroxylation is 1. The number of unbranched alkanes of at least 4 members (excludes halogenated alkanes) is 1. The molecular weight excluding hydrogens is 436 g/mol. The monoisotopic (exact) mass is 464 g/mol. The van der Waals surface area contributed by atoms with Gasteiger partial charge in [0.1, 0.15) is 0 Å². The molecule has 0 aliphatic rings. The van der Waals surface area contributed by atoms with Crippen LogP contribution < -0.4 is 20.1 Å². The van der Waals surface area contributed by atoms with E-state index in [1.54, 1.807) is 0 Å². The zero-order valence-electron chi connectivity index (χ0n) is 17.0. The van der Waals surface area contributed by atoms with Crippen molar-refractivity contribution in [2.24, 2.45) is 0 Å². The molecule has 0 bridgehead atoms. The quantitative estimate of drug-likeness (QED) is 0.413. The van der Waals surface area contributed by atoms with Crippen molar-refractivity contribution in [3.63, 3.8) is 0 Å². The second-order valence-electron chi connectivity index (χ2n) is 6.63. The van der Waals surface area contributed by atoms with Crippen LogP contribution in [0.4, 0.5) is 5.69 Å². The van der Waals surface area contributed by atoms with Gasteiger partial charge in [-0.1, -0.05) is 33.6 Å². The molecule has 6 nitrogen and oxygen atoms in total. The molecule has 3 N–H and O–H groups in total. The summed E-state index contributed by atoms with van der Waals surface area (Å²) < 4.78 is 12.3. The minimum atomic E-state index is -0.234. The Bertz CT molecular complexity index is 781. The molecule has 0 spiro atoms. The SMILES string of the molecule is CCOc1cc(CNCCCCO)c(Br)cc1OCC(=O)Nc1ccc(C)cc1. The summed E-state index contributed by atoms with van der Waals surface area (Å²) in [5.74, 6) is 0.884. The van der Waals surface area contributed by atoms with Gasteiger partial charge in [-0.15, -0.1) is 0 Å². The highest BCUT2D eigenvalue weighted by Crippen LogP contribution is 2.34. The number of carbonyl (C=O) groups excluding carboxylic acids is 1. The standard InChI is InChI=1S/C22H29BrN2O4/c1-3-28-20-12-17(14-24-10-4-5-11-26)19(23)13-21(20)29-15-22(27)25-18-8-6-16(2)7-9-18/h6-9,12-13,24,26H,3-5,10-11,14-15H2,1-2H3,(H,25,27). The lowest BCUT2D eigenvalue weighted by Crippen LogP contribution is -2.20. The number of benzene rings is 2. The molecule has 0 aliphatic heterocycles. The maximum absolute atomic E-state index is 12.2. The molecule has 2 aromatic rings. The van der Waals surface area contributed by atoms with E-state index in [-0.39, 0.29) is 19.1 Å². The van der Waals surface area contributed by atoms with Crippen LogP contribution in [0.15, 0.2) is 40.9 Å². The summed E-state index contributed by atoms with van der Waals surface area (Å²) in [6, 6.07) is 11.3. The van der Waals surface area contributed by atoms with Gasteiger partial charge in [-0.2, -0.15) is 0 Å². The third-order valence-electron chi connectivity index (χ3n) is 4.18. The molecule has 158 valence electrons. The molecule has 29 heavy (non-hydrogen) atoms. The van der Waals surface area contributed by atoms with Crippen molar-refractivity contribution in [2.45, 2.75) is 33.2 Å². The highest BCUT2D eigenvalue weighted by Gasteiger charge is 2.13. The van der Waals surface area contributed by atoms with Crippen LogP contribution >= 0.6 is 15.9 Å². The van der Waals surface area contributed by atoms with Crippen molar-refractivity contribution in [3.05, 3.63) is 52.0 Å². The van der Waals surface area contributed by atoms with Gasteiger partial charge in [-0.25, -0.2) is 0 Å². The summed E-state index contributed by atoms with van der Waals surface area (Å²) in [6.45, 7) is 5.99. The summed E-state index contributed by atoms with van der Waals surface area (Å²) in [4.78, 5) is 12.2. The van der Waals surface area contributed by atoms with Crippen LogP contribution in [0.5, 0.6) is 11.5 Å². The van der Waals surface area contributed by atoms with Gasteiger partial charge in [0.25, 0.3) is 5.91 Å². The molecular formula is C22H29BrN2O4. The van der Waals surface area contributed by atoms with Gasteiger partial charge in [-0.05, 0) is 63.1 Å². The van der Waals surface area contributed by atoms with Crippen molar-refractivity contribution in [2.75, 3.05) is 31.7 Å². The van der Waals surface area contributed by atoms with E-state index in [1.165, 1.54) is 0 Å². The zero-order valence-corrected chi connectivity index (χ0v) is 18.5. The molecule has 0 saturated carbocycles. The third-order valence-corrected chi connectivity index (χ3v) is 4.92. The highest BCUT2D eigenvalue weighted by molar-refractivity contribution is 9.10. The van der Waals surface area contributed by atoms with Crippen molar-refractivity contribution in [3.8, 4) is 11.5 Å². The number of aliphatic hydroxyl groups excluding tert-OH is 1. The number of nitrogens with one attached hydrogen (secondary N) is 2. The number of anilines is 1. The van der Waals surface area contributed by atoms with E-state index in [4.69, 9.17) is 14.6 Å². The average Bonchev–Trinajstić information content (AvgIpc) is 2.70. The molecule has 2 rings (SSSR count). The van der Waals surface area contributed by atoms with Gasteiger partial charge in [0.15, 0.2) is 18.1 Å². The number of halogens is 1. The first-order valence-electron chi connectivity index (χ1n) is 9.79. The van der Waals surface area contributed by atoms with Gasteiger partial charge >= 0.3 is 0 Å². The van der Waals surface area contributed by atoms with Gasteiger partial charge in [0.05, 0.1) is 6.61 Å². The number of hydrogen-bond donors (Lipinski definition) is 3. The van der Waals surface area contributed by atoms with Crippen molar-refractivity contribution in [1.82, 2.24) is 5.32 Å². The predicted octanol–water partition coefficient (Wildman–Crippen LogP) is 4.04. The van der Waals surface area contributed by atoms with Gasteiger partial charge in [0.2, 0.25) is 0 Å². The lowest BCUT2D eigenvalue weighted by atomic mass is 10.2. The van der Waals surface area contributed by atoms with Crippen molar-refractivity contribution in [1.29, 1.82) is 0 Å². The van der Waals surface area contributed by atoms with Gasteiger partial charge in [0, 0.05) is 23.3 Å². The van der Waals surface area contributed by atoms with Crippen LogP contribution in [0.3, 0.4) is 0 Å². The topological polar surface area (TPSA) is 79.8 Å². The Balaban J connectivity index is 1.96. The molecule has 0 atom stereocenters. The number of hydrogen-bond acceptors (Lipinski definition) is 5. The Morgan fingerprint density at radius 3 is 2.52 bits per heavy atom. The van der Waals surface area contributed by atoms with E-state index in [0.29, 0.717) is 24.7 Å². The van der Waals surface area contributed by atoms with Crippen molar-refractivity contribution < 1.29 is 19.4 Å². The summed E-state index contributed by atoms with van der Waals surface area (Å²) in [5.41, 5.74) is 2.90. The molecule has 0 fully saturated rings. The van der Waals surface area contributed by atoms with E-state index in [0.717, 1.165) is 40.7 Å². The molecule has 2 aromatic carbocycles. The second-order valence-corrected chi connectivity index (χ2v) is 7.49. The average molecular weight is 465 g/mol. The lowest BCUT2D eigenvalue weighted by molar-refractivity contribution is -0.118. The Labute approximate surface area is 180 Å². The molecule has 0 saturated heterocycles. The fourth-order valence-electron chi connectivity index (χ4n) is 2.66. The fourth-order valence-corrected chi connectivity index (χ4v) is 3.12. The third kappa shape index (κ3) is 8.04. The van der Waals surface area contributed by atoms with Crippen LogP contribution in [0.2, 0.25) is 0 Å². The van der Waals surface area contributed by atoms with E-state index < -0.39 is 0 Å². The van der Waals surface area contributed by atoms with Gasteiger partial charge < -0.3 is 25.2 Å². The minimum Gasteiger partial charge on any atom is -0.490 e. The maximum Gasteiger partial charge on any atom is 0.262 e. The van der Waals surface area contributed by atoms with Gasteiger partial charge in [-0.3, -0.25) is 4.79 Å². The highest BCUT2D eigenvalue weighted by atomic mass is 79.9. The molecule has 0 unspecified atom stereocenters. The van der Waals surface area contributed by atoms with Crippen LogP contribution in [-0.2, 0) is 11.3 Å². The molecule has 0 aliphatic carbocycles. The Morgan fingerprint density at radius 1 is 1.10 bits per heavy atom. The molecule has 0 heterocycles. The van der Waals surface area contributed by atoms with Crippen LogP contribution in [0, 0.1) is 6.92 Å². The van der Waals surface area contributed by atoms with E-state index in [1.807, 2.05) is 50.2 Å². The number of rotatable bonds is 12. The Morgan fingerprint density at radius 2 is 1.83 bits per heavy atom. The lowest BCUT2D eigenvalue weighted by Gasteiger charge is -2.15. The predicted molar refractivity (Wildman–Crippen MR) is 119 cm³/mol. The fraction of sp³-hybridized carbons (Fsp3) is 0.409. The van der Waals surface area contributed by atoms with Crippen LogP contribution in [0.25, 0.3) is 0 Å². The summed E-state index contributed by atoms with van der Waals surface area (Å²) in [5, 5.41) is 15.0. The van der Waals surface area contributed by atoms with E-state index in [2.05, 4.69) is 26.6 Å². The first-order valence-corrected chi connectivity index (χ1v) is 10.6. The van der Waals surface area contributed by atoms with Crippen molar-refractivity contribution >= 4 is 27.5 Å². The van der Waals surface area contributed by atoms with E-state index in [9.17, 15) is 4.79 Å². The maximum atomic E-state index is 12.2. The summed E-state index contributed by atoms with van der Waals surface area (Å²) >= 11 is 3.57. The number of ether oxygens (including phenoxy) is 2. The Hall–Kier alpha value is -2.09. The number of aliphatic hydroxyl groups is 1. The normalized spacial score (nSPS) is 10.6. The molecule has 0 aromatic heterocycles. The minimum absolute atomic E-state index is 0.112. The Kier molecular flexibility index (Phi) is 9.97.